The first-order valence-corrected chi connectivity index (χ1v) is 5.68. The van der Waals surface area contributed by atoms with Crippen molar-refractivity contribution < 1.29 is 9.84 Å². The topological polar surface area (TPSA) is 29.5 Å². The van der Waals surface area contributed by atoms with E-state index in [0.717, 1.165) is 25.2 Å². The average molecular weight is 206 g/mol. The zero-order chi connectivity index (χ0) is 10.7. The van der Waals surface area contributed by atoms with Crippen LogP contribution in [0.25, 0.3) is 0 Å². The molecule has 0 aliphatic carbocycles. The van der Waals surface area contributed by atoms with Crippen molar-refractivity contribution in [3.63, 3.8) is 0 Å². The molecule has 0 amide bonds. The SMILES string of the molecule is CCCCc1c(CO)ccc2c1COC2. The van der Waals surface area contributed by atoms with Crippen LogP contribution >= 0.6 is 0 Å². The van der Waals surface area contributed by atoms with E-state index in [0.29, 0.717) is 0 Å². The predicted octanol–water partition coefficient (Wildman–Crippen LogP) is 2.55. The molecule has 2 nitrogen and oxygen atoms in total. The Hall–Kier alpha value is -0.860. The Morgan fingerprint density at radius 3 is 2.93 bits per heavy atom. The Kier molecular flexibility index (Phi) is 3.39. The van der Waals surface area contributed by atoms with Crippen molar-refractivity contribution in [3.8, 4) is 0 Å². The first-order chi connectivity index (χ1) is 7.36. The molecule has 1 aromatic carbocycles. The van der Waals surface area contributed by atoms with Gasteiger partial charge in [-0.25, -0.2) is 0 Å². The molecular weight excluding hydrogens is 188 g/mol. The third-order valence-corrected chi connectivity index (χ3v) is 3.08. The summed E-state index contributed by atoms with van der Waals surface area (Å²) in [5.41, 5.74) is 5.04. The maximum Gasteiger partial charge on any atom is 0.0727 e. The summed E-state index contributed by atoms with van der Waals surface area (Å²) < 4.78 is 5.45. The highest BCUT2D eigenvalue weighted by molar-refractivity contribution is 5.42. The second-order valence-corrected chi connectivity index (χ2v) is 4.10. The fourth-order valence-electron chi connectivity index (χ4n) is 2.18. The molecule has 1 N–H and O–H groups in total. The van der Waals surface area contributed by atoms with Gasteiger partial charge in [0.05, 0.1) is 19.8 Å². The number of fused-ring (bicyclic) bond motifs is 1. The summed E-state index contributed by atoms with van der Waals surface area (Å²) in [6.07, 6.45) is 3.44. The van der Waals surface area contributed by atoms with Crippen LogP contribution < -0.4 is 0 Å². The zero-order valence-electron chi connectivity index (χ0n) is 9.25. The third kappa shape index (κ3) is 2.06. The molecule has 0 aromatic heterocycles. The quantitative estimate of drug-likeness (QED) is 0.820. The van der Waals surface area contributed by atoms with Gasteiger partial charge in [0, 0.05) is 0 Å². The van der Waals surface area contributed by atoms with Gasteiger partial charge in [-0.3, -0.25) is 0 Å². The average Bonchev–Trinajstić information content (AvgIpc) is 2.73. The lowest BCUT2D eigenvalue weighted by Gasteiger charge is -2.11. The largest absolute Gasteiger partial charge is 0.392 e. The predicted molar refractivity (Wildman–Crippen MR) is 59.5 cm³/mol. The summed E-state index contributed by atoms with van der Waals surface area (Å²) in [7, 11) is 0. The summed E-state index contributed by atoms with van der Waals surface area (Å²) in [4.78, 5) is 0. The number of hydrogen-bond donors (Lipinski definition) is 1. The maximum absolute atomic E-state index is 9.31. The molecule has 0 unspecified atom stereocenters. The number of unbranched alkanes of at least 4 members (excludes halogenated alkanes) is 1. The van der Waals surface area contributed by atoms with Gasteiger partial charge in [0.15, 0.2) is 0 Å². The Bertz CT molecular complexity index is 345. The van der Waals surface area contributed by atoms with Crippen LogP contribution in [0.5, 0.6) is 0 Å². The van der Waals surface area contributed by atoms with E-state index >= 15 is 0 Å². The van der Waals surface area contributed by atoms with E-state index in [4.69, 9.17) is 4.74 Å². The molecule has 0 radical (unpaired) electrons. The van der Waals surface area contributed by atoms with E-state index in [1.807, 2.05) is 6.07 Å². The summed E-state index contributed by atoms with van der Waals surface area (Å²) in [5.74, 6) is 0. The molecule has 82 valence electrons. The van der Waals surface area contributed by atoms with Crippen molar-refractivity contribution in [2.75, 3.05) is 0 Å². The molecule has 1 aliphatic rings. The van der Waals surface area contributed by atoms with Gasteiger partial charge in [-0.05, 0) is 35.1 Å². The monoisotopic (exact) mass is 206 g/mol. The number of benzene rings is 1. The fourth-order valence-corrected chi connectivity index (χ4v) is 2.18. The smallest absolute Gasteiger partial charge is 0.0727 e. The number of rotatable bonds is 4. The van der Waals surface area contributed by atoms with Crippen LogP contribution in [0.3, 0.4) is 0 Å². The van der Waals surface area contributed by atoms with Gasteiger partial charge >= 0.3 is 0 Å². The van der Waals surface area contributed by atoms with Crippen molar-refractivity contribution in [3.05, 3.63) is 34.4 Å². The van der Waals surface area contributed by atoms with Gasteiger partial charge < -0.3 is 9.84 Å². The van der Waals surface area contributed by atoms with Gasteiger partial charge in [0.25, 0.3) is 0 Å². The lowest BCUT2D eigenvalue weighted by Crippen LogP contribution is -2.00. The first kappa shape index (κ1) is 10.7. The Balaban J connectivity index is 2.34. The van der Waals surface area contributed by atoms with Gasteiger partial charge in [-0.15, -0.1) is 0 Å². The molecule has 0 bridgehead atoms. The lowest BCUT2D eigenvalue weighted by atomic mass is 9.94. The highest BCUT2D eigenvalue weighted by Crippen LogP contribution is 2.27. The van der Waals surface area contributed by atoms with Crippen LogP contribution in [0.2, 0.25) is 0 Å². The molecule has 1 aromatic rings. The van der Waals surface area contributed by atoms with Crippen molar-refractivity contribution in [2.45, 2.75) is 46.0 Å². The molecule has 2 rings (SSSR count). The lowest BCUT2D eigenvalue weighted by molar-refractivity contribution is 0.134. The molecule has 2 heteroatoms. The Morgan fingerprint density at radius 1 is 1.33 bits per heavy atom. The van der Waals surface area contributed by atoms with E-state index in [2.05, 4.69) is 13.0 Å². The van der Waals surface area contributed by atoms with Crippen LogP contribution in [0.1, 0.15) is 42.0 Å². The molecule has 0 atom stereocenters. The Labute approximate surface area is 90.9 Å². The van der Waals surface area contributed by atoms with Crippen LogP contribution in [-0.4, -0.2) is 5.11 Å². The fraction of sp³-hybridized carbons (Fsp3) is 0.538. The Morgan fingerprint density at radius 2 is 2.20 bits per heavy atom. The first-order valence-electron chi connectivity index (χ1n) is 5.68. The summed E-state index contributed by atoms with van der Waals surface area (Å²) in [5, 5.41) is 9.31. The van der Waals surface area contributed by atoms with Gasteiger partial charge in [0.1, 0.15) is 0 Å². The van der Waals surface area contributed by atoms with E-state index < -0.39 is 0 Å². The van der Waals surface area contributed by atoms with Crippen LogP contribution in [0.15, 0.2) is 12.1 Å². The van der Waals surface area contributed by atoms with E-state index in [9.17, 15) is 5.11 Å². The molecule has 0 saturated carbocycles. The minimum atomic E-state index is 0.145. The van der Waals surface area contributed by atoms with E-state index in [1.165, 1.54) is 29.5 Å². The van der Waals surface area contributed by atoms with Crippen LogP contribution in [0, 0.1) is 0 Å². The molecular formula is C13H18O2. The second-order valence-electron chi connectivity index (χ2n) is 4.10. The molecule has 1 heterocycles. The minimum absolute atomic E-state index is 0.145. The molecule has 0 spiro atoms. The molecule has 0 fully saturated rings. The van der Waals surface area contributed by atoms with Crippen molar-refractivity contribution in [1.29, 1.82) is 0 Å². The number of ether oxygens (including phenoxy) is 1. The van der Waals surface area contributed by atoms with E-state index in [-0.39, 0.29) is 6.61 Å². The van der Waals surface area contributed by atoms with Crippen molar-refractivity contribution >= 4 is 0 Å². The molecule has 15 heavy (non-hydrogen) atoms. The van der Waals surface area contributed by atoms with Crippen molar-refractivity contribution in [2.24, 2.45) is 0 Å². The normalized spacial score (nSPS) is 14.3. The summed E-state index contributed by atoms with van der Waals surface area (Å²) in [6.45, 7) is 3.80. The highest BCUT2D eigenvalue weighted by Gasteiger charge is 2.17. The van der Waals surface area contributed by atoms with Crippen LogP contribution in [0.4, 0.5) is 0 Å². The van der Waals surface area contributed by atoms with E-state index in [1.54, 1.807) is 0 Å². The number of aliphatic hydroxyl groups is 1. The second kappa shape index (κ2) is 4.77. The maximum atomic E-state index is 9.31. The minimum Gasteiger partial charge on any atom is -0.392 e. The third-order valence-electron chi connectivity index (χ3n) is 3.08. The highest BCUT2D eigenvalue weighted by atomic mass is 16.5. The standard InChI is InChI=1S/C13H18O2/c1-2-3-4-12-10(7-14)5-6-11-8-15-9-13(11)12/h5-6,14H,2-4,7-9H2,1H3. The summed E-state index contributed by atoms with van der Waals surface area (Å²) >= 11 is 0. The van der Waals surface area contributed by atoms with Gasteiger partial charge in [-0.2, -0.15) is 0 Å². The van der Waals surface area contributed by atoms with Crippen LogP contribution in [-0.2, 0) is 31.0 Å². The van der Waals surface area contributed by atoms with Gasteiger partial charge in [0.2, 0.25) is 0 Å². The molecule has 0 saturated heterocycles. The summed E-state index contributed by atoms with van der Waals surface area (Å²) in [6, 6.07) is 4.13. The molecule has 1 aliphatic heterocycles. The number of aliphatic hydroxyl groups excluding tert-OH is 1. The number of hydrogen-bond acceptors (Lipinski definition) is 2. The zero-order valence-corrected chi connectivity index (χ0v) is 9.25. The van der Waals surface area contributed by atoms with Gasteiger partial charge in [-0.1, -0.05) is 25.5 Å². The van der Waals surface area contributed by atoms with Crippen molar-refractivity contribution in [1.82, 2.24) is 0 Å².